The van der Waals surface area contributed by atoms with Gasteiger partial charge in [-0.15, -0.1) is 0 Å². The van der Waals surface area contributed by atoms with Gasteiger partial charge in [0.15, 0.2) is 0 Å². The molecule has 0 aliphatic carbocycles. The van der Waals surface area contributed by atoms with Gasteiger partial charge in [0.2, 0.25) is 5.95 Å². The first kappa shape index (κ1) is 19.8. The topological polar surface area (TPSA) is 66.9 Å². The van der Waals surface area contributed by atoms with Crippen LogP contribution in [0.4, 0.5) is 16.0 Å². The van der Waals surface area contributed by atoms with E-state index in [-0.39, 0.29) is 17.4 Å². The van der Waals surface area contributed by atoms with E-state index < -0.39 is 0 Å². The molecule has 2 aromatic carbocycles. The Balaban J connectivity index is 1.67. The number of hydrogen-bond donors (Lipinski definition) is 2. The van der Waals surface area contributed by atoms with Gasteiger partial charge in [-0.3, -0.25) is 4.79 Å². The molecule has 0 atom stereocenters. The number of carbonyl (C=O) groups is 1. The van der Waals surface area contributed by atoms with Crippen molar-refractivity contribution in [3.05, 3.63) is 81.9 Å². The molecule has 1 heterocycles. The van der Waals surface area contributed by atoms with Crippen LogP contribution in [0.15, 0.2) is 48.5 Å². The first-order valence-electron chi connectivity index (χ1n) is 8.82. The average Bonchev–Trinajstić information content (AvgIpc) is 2.66. The van der Waals surface area contributed by atoms with Crippen molar-refractivity contribution in [3.8, 4) is 0 Å². The molecular weight excluding hydrogens is 379 g/mol. The zero-order valence-electron chi connectivity index (χ0n) is 15.6. The van der Waals surface area contributed by atoms with Crippen molar-refractivity contribution >= 4 is 29.1 Å². The van der Waals surface area contributed by atoms with Crippen LogP contribution in [0.2, 0.25) is 5.02 Å². The van der Waals surface area contributed by atoms with Gasteiger partial charge in [0.1, 0.15) is 11.5 Å². The number of anilines is 2. The largest absolute Gasteiger partial charge is 0.350 e. The minimum absolute atomic E-state index is 0.272. The zero-order chi connectivity index (χ0) is 20.1. The van der Waals surface area contributed by atoms with Crippen molar-refractivity contribution in [2.24, 2.45) is 0 Å². The maximum atomic E-state index is 12.9. The second kappa shape index (κ2) is 8.80. The fourth-order valence-corrected chi connectivity index (χ4v) is 2.82. The minimum Gasteiger partial charge on any atom is -0.350 e. The van der Waals surface area contributed by atoms with Crippen LogP contribution in [0.5, 0.6) is 0 Å². The Labute approximate surface area is 168 Å². The van der Waals surface area contributed by atoms with E-state index in [1.54, 1.807) is 37.3 Å². The summed E-state index contributed by atoms with van der Waals surface area (Å²) < 4.78 is 12.9. The molecule has 28 heavy (non-hydrogen) atoms. The molecule has 3 aromatic rings. The molecule has 2 N–H and O–H groups in total. The summed E-state index contributed by atoms with van der Waals surface area (Å²) in [7, 11) is 0. The highest BCUT2D eigenvalue weighted by Crippen LogP contribution is 2.23. The fraction of sp³-hybridized carbons (Fsp3) is 0.190. The van der Waals surface area contributed by atoms with Crippen LogP contribution in [0, 0.1) is 19.7 Å². The molecule has 0 radical (unpaired) electrons. The van der Waals surface area contributed by atoms with E-state index in [9.17, 15) is 9.18 Å². The maximum absolute atomic E-state index is 12.9. The van der Waals surface area contributed by atoms with Crippen LogP contribution >= 0.6 is 11.6 Å². The average molecular weight is 399 g/mol. The number of rotatable bonds is 6. The molecule has 0 aliphatic heterocycles. The summed E-state index contributed by atoms with van der Waals surface area (Å²) in [4.78, 5) is 21.1. The highest BCUT2D eigenvalue weighted by molar-refractivity contribution is 6.30. The lowest BCUT2D eigenvalue weighted by molar-refractivity contribution is 0.0949. The molecule has 0 saturated carbocycles. The van der Waals surface area contributed by atoms with E-state index in [1.165, 1.54) is 12.1 Å². The second-order valence-corrected chi connectivity index (χ2v) is 6.87. The van der Waals surface area contributed by atoms with Crippen LogP contribution in [-0.2, 0) is 6.42 Å². The molecule has 0 bridgehead atoms. The van der Waals surface area contributed by atoms with Gasteiger partial charge < -0.3 is 10.6 Å². The van der Waals surface area contributed by atoms with Crippen molar-refractivity contribution in [2.75, 3.05) is 11.9 Å². The van der Waals surface area contributed by atoms with Gasteiger partial charge in [0.25, 0.3) is 5.91 Å². The number of nitrogens with zero attached hydrogens (tertiary/aromatic N) is 2. The third-order valence-corrected chi connectivity index (χ3v) is 4.38. The molecule has 7 heteroatoms. The quantitative estimate of drug-likeness (QED) is 0.636. The van der Waals surface area contributed by atoms with Crippen LogP contribution < -0.4 is 10.6 Å². The molecule has 1 aromatic heterocycles. The van der Waals surface area contributed by atoms with Gasteiger partial charge >= 0.3 is 0 Å². The minimum atomic E-state index is -0.293. The number of hydrogen-bond acceptors (Lipinski definition) is 4. The van der Waals surface area contributed by atoms with Gasteiger partial charge in [-0.1, -0.05) is 29.8 Å². The van der Waals surface area contributed by atoms with Gasteiger partial charge in [-0.2, -0.15) is 0 Å². The Bertz CT molecular complexity index is 992. The monoisotopic (exact) mass is 398 g/mol. The molecule has 0 spiro atoms. The van der Waals surface area contributed by atoms with E-state index in [2.05, 4.69) is 20.6 Å². The van der Waals surface area contributed by atoms with Crippen molar-refractivity contribution in [1.29, 1.82) is 0 Å². The van der Waals surface area contributed by atoms with Gasteiger partial charge in [-0.05, 0) is 61.7 Å². The summed E-state index contributed by atoms with van der Waals surface area (Å²) in [6.07, 6.45) is 0.600. The Hall–Kier alpha value is -2.99. The van der Waals surface area contributed by atoms with Crippen molar-refractivity contribution < 1.29 is 9.18 Å². The standard InChI is InChI=1S/C21H20ClFN4O/c1-13-3-6-16(22)12-18(13)26-21-25-14(2)11-19(27-21)20(28)24-10-9-15-4-7-17(23)8-5-15/h3-8,11-12H,9-10H2,1-2H3,(H,24,28)(H,25,26,27). The van der Waals surface area contributed by atoms with Gasteiger partial charge in [0, 0.05) is 22.9 Å². The Morgan fingerprint density at radius 2 is 1.82 bits per heavy atom. The van der Waals surface area contributed by atoms with Gasteiger partial charge in [-0.25, -0.2) is 14.4 Å². The van der Waals surface area contributed by atoms with Crippen LogP contribution in [-0.4, -0.2) is 22.4 Å². The summed E-state index contributed by atoms with van der Waals surface area (Å²) >= 11 is 6.05. The lowest BCUT2D eigenvalue weighted by atomic mass is 10.1. The molecule has 5 nitrogen and oxygen atoms in total. The predicted octanol–water partition coefficient (Wildman–Crippen LogP) is 4.60. The van der Waals surface area contributed by atoms with Crippen molar-refractivity contribution in [3.63, 3.8) is 0 Å². The lowest BCUT2D eigenvalue weighted by Crippen LogP contribution is -2.27. The normalized spacial score (nSPS) is 10.6. The SMILES string of the molecule is Cc1cc(C(=O)NCCc2ccc(F)cc2)nc(Nc2cc(Cl)ccc2C)n1. The van der Waals surface area contributed by atoms with Crippen LogP contribution in [0.25, 0.3) is 0 Å². The Morgan fingerprint density at radius 1 is 1.07 bits per heavy atom. The highest BCUT2D eigenvalue weighted by atomic mass is 35.5. The molecule has 144 valence electrons. The number of halogens is 2. The smallest absolute Gasteiger partial charge is 0.270 e. The maximum Gasteiger partial charge on any atom is 0.270 e. The van der Waals surface area contributed by atoms with E-state index in [0.29, 0.717) is 29.6 Å². The Morgan fingerprint density at radius 3 is 2.57 bits per heavy atom. The van der Waals surface area contributed by atoms with Crippen molar-refractivity contribution in [2.45, 2.75) is 20.3 Å². The summed E-state index contributed by atoms with van der Waals surface area (Å²) in [6, 6.07) is 13.3. The van der Waals surface area contributed by atoms with Crippen molar-refractivity contribution in [1.82, 2.24) is 15.3 Å². The zero-order valence-corrected chi connectivity index (χ0v) is 16.3. The third-order valence-electron chi connectivity index (χ3n) is 4.15. The van der Waals surface area contributed by atoms with Crippen LogP contribution in [0.1, 0.15) is 27.3 Å². The summed E-state index contributed by atoms with van der Waals surface area (Å²) in [6.45, 7) is 4.16. The van der Waals surface area contributed by atoms with E-state index in [0.717, 1.165) is 16.8 Å². The van der Waals surface area contributed by atoms with E-state index in [4.69, 9.17) is 11.6 Å². The molecule has 0 fully saturated rings. The lowest BCUT2D eigenvalue weighted by Gasteiger charge is -2.11. The van der Waals surface area contributed by atoms with Crippen LogP contribution in [0.3, 0.4) is 0 Å². The first-order valence-corrected chi connectivity index (χ1v) is 9.20. The summed E-state index contributed by atoms with van der Waals surface area (Å²) in [5, 5.41) is 6.54. The second-order valence-electron chi connectivity index (χ2n) is 6.43. The molecule has 0 saturated heterocycles. The first-order chi connectivity index (χ1) is 13.4. The fourth-order valence-electron chi connectivity index (χ4n) is 2.65. The summed E-state index contributed by atoms with van der Waals surface area (Å²) in [5.74, 6) is -0.244. The number of carbonyl (C=O) groups excluding carboxylic acids is 1. The molecular formula is C21H20ClFN4O. The third kappa shape index (κ3) is 5.27. The molecule has 1 amide bonds. The van der Waals surface area contributed by atoms with E-state index >= 15 is 0 Å². The van der Waals surface area contributed by atoms with E-state index in [1.807, 2.05) is 13.0 Å². The highest BCUT2D eigenvalue weighted by Gasteiger charge is 2.11. The predicted molar refractivity (Wildman–Crippen MR) is 109 cm³/mol. The Kier molecular flexibility index (Phi) is 6.21. The molecule has 0 aliphatic rings. The number of amides is 1. The summed E-state index contributed by atoms with van der Waals surface area (Å²) in [5.41, 5.74) is 3.65. The number of nitrogens with one attached hydrogen (secondary N) is 2. The number of aryl methyl sites for hydroxylation is 2. The van der Waals surface area contributed by atoms with Gasteiger partial charge in [0.05, 0.1) is 0 Å². The molecule has 0 unspecified atom stereocenters. The number of benzene rings is 2. The molecule has 3 rings (SSSR count). The number of aromatic nitrogens is 2.